The number of rotatable bonds is 8. The first-order chi connectivity index (χ1) is 10.6. The molecule has 2 rings (SSSR count). The molecular formula is C14H23N7O. The number of methoxy groups -OCH3 is 1. The molecule has 8 nitrogen and oxygen atoms in total. The van der Waals surface area contributed by atoms with Crippen LogP contribution in [-0.4, -0.2) is 59.4 Å². The number of hydrogen-bond donors (Lipinski definition) is 1. The Morgan fingerprint density at radius 2 is 1.91 bits per heavy atom. The largest absolute Gasteiger partial charge is 0.497 e. The Bertz CT molecular complexity index is 567. The molecule has 1 aromatic heterocycles. The molecule has 2 N–H and O–H groups in total. The molecule has 0 radical (unpaired) electrons. The fourth-order valence-corrected chi connectivity index (χ4v) is 2.07. The van der Waals surface area contributed by atoms with Crippen LogP contribution in [0.2, 0.25) is 0 Å². The Kier molecular flexibility index (Phi) is 5.68. The first-order valence-corrected chi connectivity index (χ1v) is 7.16. The highest BCUT2D eigenvalue weighted by Crippen LogP contribution is 2.14. The number of tetrazole rings is 1. The first kappa shape index (κ1) is 16.2. The molecule has 0 atom stereocenters. The molecule has 22 heavy (non-hydrogen) atoms. The molecule has 8 heteroatoms. The van der Waals surface area contributed by atoms with Gasteiger partial charge in [0, 0.05) is 6.54 Å². The minimum absolute atomic E-state index is 0.563. The Labute approximate surface area is 130 Å². The van der Waals surface area contributed by atoms with Crippen LogP contribution >= 0.6 is 0 Å². The van der Waals surface area contributed by atoms with Crippen molar-refractivity contribution in [3.63, 3.8) is 0 Å². The van der Waals surface area contributed by atoms with Gasteiger partial charge in [-0.25, -0.2) is 10.5 Å². The van der Waals surface area contributed by atoms with Gasteiger partial charge in [0.25, 0.3) is 5.95 Å². The highest BCUT2D eigenvalue weighted by Gasteiger charge is 2.12. The summed E-state index contributed by atoms with van der Waals surface area (Å²) in [6.45, 7) is 2.22. The Morgan fingerprint density at radius 3 is 2.55 bits per heavy atom. The van der Waals surface area contributed by atoms with Gasteiger partial charge in [0.2, 0.25) is 0 Å². The van der Waals surface area contributed by atoms with Crippen molar-refractivity contribution >= 4 is 5.95 Å². The zero-order valence-corrected chi connectivity index (χ0v) is 13.3. The SMILES string of the molecule is COc1ccc(Cn2nnnc2N(N)CCCN(C)C)cc1. The van der Waals surface area contributed by atoms with Crippen molar-refractivity contribution in [2.75, 3.05) is 39.3 Å². The molecule has 0 aliphatic rings. The number of ether oxygens (including phenoxy) is 1. The fraction of sp³-hybridized carbons (Fsp3) is 0.500. The van der Waals surface area contributed by atoms with Gasteiger partial charge in [0.15, 0.2) is 0 Å². The molecule has 120 valence electrons. The van der Waals surface area contributed by atoms with Gasteiger partial charge in [-0.3, -0.25) is 5.01 Å². The number of anilines is 1. The maximum Gasteiger partial charge on any atom is 0.260 e. The number of nitrogens with zero attached hydrogens (tertiary/aromatic N) is 6. The summed E-state index contributed by atoms with van der Waals surface area (Å²) in [5.74, 6) is 7.45. The summed E-state index contributed by atoms with van der Waals surface area (Å²) in [5, 5.41) is 13.3. The summed E-state index contributed by atoms with van der Waals surface area (Å²) >= 11 is 0. The zero-order chi connectivity index (χ0) is 15.9. The van der Waals surface area contributed by atoms with Crippen molar-refractivity contribution in [3.05, 3.63) is 29.8 Å². The summed E-state index contributed by atoms with van der Waals surface area (Å²) < 4.78 is 6.84. The number of benzene rings is 1. The van der Waals surface area contributed by atoms with E-state index in [1.165, 1.54) is 0 Å². The van der Waals surface area contributed by atoms with Crippen LogP contribution in [0.15, 0.2) is 24.3 Å². The average Bonchev–Trinajstić information content (AvgIpc) is 2.96. The van der Waals surface area contributed by atoms with Crippen LogP contribution in [0.1, 0.15) is 12.0 Å². The Morgan fingerprint density at radius 1 is 1.18 bits per heavy atom. The minimum Gasteiger partial charge on any atom is -0.497 e. The van der Waals surface area contributed by atoms with E-state index in [-0.39, 0.29) is 0 Å². The maximum atomic E-state index is 6.06. The summed E-state index contributed by atoms with van der Waals surface area (Å²) in [6, 6.07) is 7.79. The molecule has 0 saturated carbocycles. The quantitative estimate of drug-likeness (QED) is 0.557. The van der Waals surface area contributed by atoms with Crippen molar-refractivity contribution in [2.24, 2.45) is 5.84 Å². The number of hydrazine groups is 1. The topological polar surface area (TPSA) is 85.3 Å². The van der Waals surface area contributed by atoms with E-state index < -0.39 is 0 Å². The van der Waals surface area contributed by atoms with Crippen LogP contribution in [0.25, 0.3) is 0 Å². The molecular weight excluding hydrogens is 282 g/mol. The van der Waals surface area contributed by atoms with E-state index in [9.17, 15) is 0 Å². The maximum absolute atomic E-state index is 6.06. The lowest BCUT2D eigenvalue weighted by Crippen LogP contribution is -2.36. The average molecular weight is 305 g/mol. The summed E-state index contributed by atoms with van der Waals surface area (Å²) in [7, 11) is 5.72. The van der Waals surface area contributed by atoms with Crippen molar-refractivity contribution in [1.82, 2.24) is 25.1 Å². The molecule has 2 aromatic rings. The van der Waals surface area contributed by atoms with Crippen molar-refractivity contribution in [2.45, 2.75) is 13.0 Å². The number of nitrogens with two attached hydrogens (primary N) is 1. The second-order valence-electron chi connectivity index (χ2n) is 5.33. The van der Waals surface area contributed by atoms with Crippen LogP contribution < -0.4 is 15.6 Å². The lowest BCUT2D eigenvalue weighted by Gasteiger charge is -2.18. The van der Waals surface area contributed by atoms with Crippen molar-refractivity contribution in [1.29, 1.82) is 0 Å². The van der Waals surface area contributed by atoms with Gasteiger partial charge < -0.3 is 9.64 Å². The summed E-state index contributed by atoms with van der Waals surface area (Å²) in [6.07, 6.45) is 0.943. The Balaban J connectivity index is 1.98. The molecule has 0 unspecified atom stereocenters. The smallest absolute Gasteiger partial charge is 0.260 e. The van der Waals surface area contributed by atoms with E-state index in [4.69, 9.17) is 10.6 Å². The van der Waals surface area contributed by atoms with Crippen LogP contribution in [0.4, 0.5) is 5.95 Å². The Hall–Kier alpha value is -2.19. The van der Waals surface area contributed by atoms with Gasteiger partial charge in [-0.1, -0.05) is 17.2 Å². The van der Waals surface area contributed by atoms with Crippen molar-refractivity contribution in [3.8, 4) is 5.75 Å². The lowest BCUT2D eigenvalue weighted by molar-refractivity contribution is 0.399. The monoisotopic (exact) mass is 305 g/mol. The van der Waals surface area contributed by atoms with Gasteiger partial charge in [0.1, 0.15) is 5.75 Å². The standard InChI is InChI=1S/C14H23N7O/c1-19(2)9-4-10-20(15)14-16-17-18-21(14)11-12-5-7-13(22-3)8-6-12/h5-8H,4,9-11,15H2,1-3H3. The number of hydrogen-bond acceptors (Lipinski definition) is 7. The fourth-order valence-electron chi connectivity index (χ4n) is 2.07. The van der Waals surface area contributed by atoms with Crippen molar-refractivity contribution < 1.29 is 4.74 Å². The third-order valence-electron chi connectivity index (χ3n) is 3.27. The normalized spacial score (nSPS) is 11.0. The van der Waals surface area contributed by atoms with E-state index in [1.54, 1.807) is 16.8 Å². The number of aromatic nitrogens is 4. The van der Waals surface area contributed by atoms with Crippen LogP contribution in [0, 0.1) is 0 Å². The predicted molar refractivity (Wildman–Crippen MR) is 84.6 cm³/mol. The lowest BCUT2D eigenvalue weighted by atomic mass is 10.2. The van der Waals surface area contributed by atoms with E-state index >= 15 is 0 Å². The van der Waals surface area contributed by atoms with E-state index in [2.05, 4.69) is 20.4 Å². The van der Waals surface area contributed by atoms with Gasteiger partial charge in [-0.2, -0.15) is 0 Å². The van der Waals surface area contributed by atoms with Crippen LogP contribution in [-0.2, 0) is 6.54 Å². The van der Waals surface area contributed by atoms with E-state index in [0.29, 0.717) is 19.0 Å². The van der Waals surface area contributed by atoms with Gasteiger partial charge in [-0.15, -0.1) is 0 Å². The van der Waals surface area contributed by atoms with E-state index in [0.717, 1.165) is 24.3 Å². The molecule has 0 spiro atoms. The highest BCUT2D eigenvalue weighted by molar-refractivity contribution is 5.30. The highest BCUT2D eigenvalue weighted by atomic mass is 16.5. The minimum atomic E-state index is 0.563. The summed E-state index contributed by atoms with van der Waals surface area (Å²) in [5.41, 5.74) is 1.08. The second-order valence-corrected chi connectivity index (χ2v) is 5.33. The third-order valence-corrected chi connectivity index (χ3v) is 3.27. The van der Waals surface area contributed by atoms with E-state index in [1.807, 2.05) is 38.4 Å². The zero-order valence-electron chi connectivity index (χ0n) is 13.3. The van der Waals surface area contributed by atoms with Gasteiger partial charge in [-0.05, 0) is 55.2 Å². The van der Waals surface area contributed by atoms with Crippen LogP contribution in [0.3, 0.4) is 0 Å². The molecule has 0 saturated heterocycles. The molecule has 1 aromatic carbocycles. The molecule has 0 amide bonds. The van der Waals surface area contributed by atoms with Gasteiger partial charge in [0.05, 0.1) is 13.7 Å². The van der Waals surface area contributed by atoms with Crippen LogP contribution in [0.5, 0.6) is 5.75 Å². The molecule has 0 aliphatic heterocycles. The molecule has 0 fully saturated rings. The molecule has 1 heterocycles. The summed E-state index contributed by atoms with van der Waals surface area (Å²) in [4.78, 5) is 2.12. The third kappa shape index (κ3) is 4.40. The first-order valence-electron chi connectivity index (χ1n) is 7.16. The molecule has 0 bridgehead atoms. The predicted octanol–water partition coefficient (Wildman–Crippen LogP) is 0.362. The second kappa shape index (κ2) is 7.71. The molecule has 0 aliphatic carbocycles. The van der Waals surface area contributed by atoms with Gasteiger partial charge >= 0.3 is 0 Å².